The second-order valence-electron chi connectivity index (χ2n) is 12.9. The molecule has 1 saturated heterocycles. The van der Waals surface area contributed by atoms with Crippen LogP contribution in [0.2, 0.25) is 0 Å². The zero-order valence-electron chi connectivity index (χ0n) is 23.0. The number of fused-ring (bicyclic) bond motifs is 7. The first-order valence-electron chi connectivity index (χ1n) is 13.9. The molecule has 1 aromatic rings. The summed E-state index contributed by atoms with van der Waals surface area (Å²) < 4.78 is 35.4. The molecule has 0 aromatic heterocycles. The van der Waals surface area contributed by atoms with Crippen molar-refractivity contribution in [3.05, 3.63) is 53.6 Å². The Hall–Kier alpha value is -2.42. The van der Waals surface area contributed by atoms with E-state index in [-0.39, 0.29) is 36.4 Å². The molecule has 210 valence electrons. The Morgan fingerprint density at radius 3 is 2.59 bits per heavy atom. The van der Waals surface area contributed by atoms with Gasteiger partial charge in [-0.05, 0) is 66.0 Å². The summed E-state index contributed by atoms with van der Waals surface area (Å²) in [4.78, 5) is 32.3. The summed E-state index contributed by atoms with van der Waals surface area (Å²) in [6.07, 6.45) is 3.34. The van der Waals surface area contributed by atoms with Crippen LogP contribution < -0.4 is 4.74 Å². The van der Waals surface area contributed by atoms with Crippen molar-refractivity contribution >= 4 is 11.6 Å². The normalized spacial score (nSPS) is 44.7. The number of benzene rings is 1. The molecular formula is C31H37F2NO5. The van der Waals surface area contributed by atoms with Crippen molar-refractivity contribution in [1.82, 2.24) is 5.06 Å². The number of halogens is 2. The molecule has 1 N–H and O–H groups in total. The van der Waals surface area contributed by atoms with Gasteiger partial charge in [-0.25, -0.2) is 8.78 Å². The third kappa shape index (κ3) is 3.40. The van der Waals surface area contributed by atoms with Gasteiger partial charge in [0.2, 0.25) is 0 Å². The number of hydroxylamine groups is 2. The number of alkyl halides is 2. The lowest BCUT2D eigenvalue weighted by Gasteiger charge is -2.64. The molecule has 5 aliphatic rings. The molecule has 9 atom stereocenters. The molecule has 9 unspecified atom stereocenters. The Morgan fingerprint density at radius 2 is 1.92 bits per heavy atom. The van der Waals surface area contributed by atoms with Gasteiger partial charge in [0.05, 0.1) is 13.2 Å². The van der Waals surface area contributed by atoms with E-state index in [0.717, 1.165) is 11.3 Å². The van der Waals surface area contributed by atoms with Crippen molar-refractivity contribution in [2.75, 3.05) is 20.3 Å². The highest BCUT2D eigenvalue weighted by atomic mass is 19.1. The summed E-state index contributed by atoms with van der Waals surface area (Å²) in [7, 11) is 1.60. The average molecular weight is 542 g/mol. The van der Waals surface area contributed by atoms with Gasteiger partial charge < -0.3 is 9.84 Å². The van der Waals surface area contributed by atoms with Crippen LogP contribution in [0.1, 0.15) is 45.6 Å². The molecule has 4 aliphatic carbocycles. The number of nitrogens with zero attached hydrogens (tertiary/aromatic N) is 1. The molecule has 1 heterocycles. The summed E-state index contributed by atoms with van der Waals surface area (Å²) in [5.74, 6) is -1.02. The molecular weight excluding hydrogens is 504 g/mol. The Balaban J connectivity index is 1.38. The molecule has 0 spiro atoms. The minimum atomic E-state index is -1.45. The van der Waals surface area contributed by atoms with E-state index in [9.17, 15) is 19.1 Å². The summed E-state index contributed by atoms with van der Waals surface area (Å²) in [6, 6.07) is 7.58. The summed E-state index contributed by atoms with van der Waals surface area (Å²) >= 11 is 0. The van der Waals surface area contributed by atoms with Crippen LogP contribution in [-0.2, 0) is 21.0 Å². The van der Waals surface area contributed by atoms with E-state index in [1.807, 2.05) is 38.1 Å². The summed E-state index contributed by atoms with van der Waals surface area (Å²) in [5.41, 5.74) is -2.38. The quantitative estimate of drug-likeness (QED) is 0.589. The molecule has 39 heavy (non-hydrogen) atoms. The van der Waals surface area contributed by atoms with Crippen LogP contribution in [0.3, 0.4) is 0 Å². The Bertz CT molecular complexity index is 1260. The molecule has 1 aliphatic heterocycles. The van der Waals surface area contributed by atoms with Gasteiger partial charge in [0, 0.05) is 35.8 Å². The first kappa shape index (κ1) is 26.8. The number of hydrogen-bond acceptors (Lipinski definition) is 6. The predicted octanol–water partition coefficient (Wildman–Crippen LogP) is 4.56. The fourth-order valence-electron chi connectivity index (χ4n) is 9.50. The number of Topliss-reactive ketones (excluding diaryl/α,β-unsaturated/α-hetero) is 1. The Morgan fingerprint density at radius 1 is 1.21 bits per heavy atom. The number of carbonyl (C=O) groups excluding carboxylic acids is 2. The SMILES string of the molecule is COc1ccc(CN2CC3CC4(C)C5CC(F)C6=CC(=O)C=CC6(C)C5C(O)CC4(C)C3(C(=O)CF)O2)cc1. The lowest BCUT2D eigenvalue weighted by molar-refractivity contribution is -0.270. The number of allylic oxidation sites excluding steroid dienone is 4. The minimum Gasteiger partial charge on any atom is -0.497 e. The summed E-state index contributed by atoms with van der Waals surface area (Å²) in [6.45, 7) is 5.63. The zero-order chi connectivity index (χ0) is 28.0. The average Bonchev–Trinajstić information content (AvgIpc) is 3.34. The van der Waals surface area contributed by atoms with E-state index in [4.69, 9.17) is 9.57 Å². The van der Waals surface area contributed by atoms with Gasteiger partial charge in [-0.2, -0.15) is 5.06 Å². The van der Waals surface area contributed by atoms with Crippen molar-refractivity contribution in [1.29, 1.82) is 0 Å². The van der Waals surface area contributed by atoms with Gasteiger partial charge in [-0.15, -0.1) is 0 Å². The first-order valence-corrected chi connectivity index (χ1v) is 13.9. The highest BCUT2D eigenvalue weighted by Gasteiger charge is 2.79. The maximum atomic E-state index is 15.8. The Labute approximate surface area is 228 Å². The standard InChI is InChI=1S/C31H37F2NO5/c1-28-10-9-20(35)11-22(28)24(33)12-23-27(28)25(36)14-30(3)29(23,2)13-19-17-34(39-31(19,30)26(37)15-32)16-18-5-7-21(38-4)8-6-18/h5-11,19,23-25,27,36H,12-17H2,1-4H3. The fourth-order valence-corrected chi connectivity index (χ4v) is 9.50. The van der Waals surface area contributed by atoms with Crippen LogP contribution in [0, 0.1) is 34.0 Å². The Kier molecular flexibility index (Phi) is 6.04. The van der Waals surface area contributed by atoms with Crippen molar-refractivity contribution < 1.29 is 33.1 Å². The highest BCUT2D eigenvalue weighted by Crippen LogP contribution is 2.76. The molecule has 0 amide bonds. The van der Waals surface area contributed by atoms with E-state index in [1.165, 1.54) is 12.2 Å². The maximum Gasteiger partial charge on any atom is 0.198 e. The van der Waals surface area contributed by atoms with Crippen molar-refractivity contribution in [2.45, 2.75) is 64.5 Å². The fraction of sp³-hybridized carbons (Fsp3) is 0.613. The van der Waals surface area contributed by atoms with Gasteiger partial charge in [-0.1, -0.05) is 39.0 Å². The summed E-state index contributed by atoms with van der Waals surface area (Å²) in [5, 5.41) is 13.5. The van der Waals surface area contributed by atoms with Crippen molar-refractivity contribution in [3.63, 3.8) is 0 Å². The number of aliphatic hydroxyl groups is 1. The van der Waals surface area contributed by atoms with Crippen LogP contribution in [0.5, 0.6) is 5.75 Å². The molecule has 0 bridgehead atoms. The van der Waals surface area contributed by atoms with Crippen molar-refractivity contribution in [3.8, 4) is 5.75 Å². The minimum absolute atomic E-state index is 0.151. The highest BCUT2D eigenvalue weighted by molar-refractivity contribution is 6.01. The van der Waals surface area contributed by atoms with Crippen LogP contribution in [0.4, 0.5) is 8.78 Å². The first-order chi connectivity index (χ1) is 18.4. The third-order valence-corrected chi connectivity index (χ3v) is 11.4. The number of rotatable bonds is 5. The zero-order valence-corrected chi connectivity index (χ0v) is 23.0. The topological polar surface area (TPSA) is 76.1 Å². The van der Waals surface area contributed by atoms with Gasteiger partial charge in [-0.3, -0.25) is 14.4 Å². The van der Waals surface area contributed by atoms with Gasteiger partial charge in [0.25, 0.3) is 0 Å². The number of ketones is 2. The lowest BCUT2D eigenvalue weighted by atomic mass is 9.41. The van der Waals surface area contributed by atoms with E-state index in [2.05, 4.69) is 6.92 Å². The van der Waals surface area contributed by atoms with E-state index < -0.39 is 46.6 Å². The van der Waals surface area contributed by atoms with Crippen molar-refractivity contribution in [2.24, 2.45) is 34.0 Å². The number of carbonyl (C=O) groups is 2. The molecule has 1 aromatic carbocycles. The number of aliphatic hydroxyl groups excluding tert-OH is 1. The second-order valence-corrected chi connectivity index (χ2v) is 12.9. The second kappa shape index (κ2) is 8.79. The van der Waals surface area contributed by atoms with Crippen LogP contribution in [-0.4, -0.2) is 59.9 Å². The van der Waals surface area contributed by atoms with Gasteiger partial charge in [0.15, 0.2) is 23.8 Å². The molecule has 8 heteroatoms. The number of hydrogen-bond donors (Lipinski definition) is 1. The molecule has 6 rings (SSSR count). The number of methoxy groups -OCH3 is 1. The van der Waals surface area contributed by atoms with E-state index >= 15 is 4.39 Å². The van der Waals surface area contributed by atoms with Gasteiger partial charge >= 0.3 is 0 Å². The molecule has 0 radical (unpaired) electrons. The van der Waals surface area contributed by atoms with E-state index in [1.54, 1.807) is 18.2 Å². The van der Waals surface area contributed by atoms with Crippen LogP contribution in [0.15, 0.2) is 48.1 Å². The van der Waals surface area contributed by atoms with Crippen LogP contribution >= 0.6 is 0 Å². The molecule has 4 fully saturated rings. The lowest BCUT2D eigenvalue weighted by Crippen LogP contribution is -2.67. The monoisotopic (exact) mass is 541 g/mol. The van der Waals surface area contributed by atoms with Gasteiger partial charge in [0.1, 0.15) is 11.9 Å². The van der Waals surface area contributed by atoms with E-state index in [0.29, 0.717) is 25.1 Å². The number of ether oxygens (including phenoxy) is 1. The van der Waals surface area contributed by atoms with Crippen LogP contribution in [0.25, 0.3) is 0 Å². The molecule has 6 nitrogen and oxygen atoms in total. The maximum absolute atomic E-state index is 15.8. The predicted molar refractivity (Wildman–Crippen MR) is 140 cm³/mol. The molecule has 3 saturated carbocycles. The smallest absolute Gasteiger partial charge is 0.198 e. The third-order valence-electron chi connectivity index (χ3n) is 11.4. The largest absolute Gasteiger partial charge is 0.497 e.